The van der Waals surface area contributed by atoms with Gasteiger partial charge in [0.05, 0.1) is 5.52 Å². The Labute approximate surface area is 63.0 Å². The predicted octanol–water partition coefficient (Wildman–Crippen LogP) is 1.96. The second-order valence-corrected chi connectivity index (χ2v) is 2.41. The van der Waals surface area contributed by atoms with E-state index in [1.807, 2.05) is 0 Å². The molecule has 2 aromatic rings. The SMILES string of the molecule is Nc1cccc2c1ccn2F. The van der Waals surface area contributed by atoms with Gasteiger partial charge >= 0.3 is 0 Å². The van der Waals surface area contributed by atoms with Crippen LogP contribution in [-0.4, -0.2) is 4.79 Å². The van der Waals surface area contributed by atoms with Crippen molar-refractivity contribution in [2.45, 2.75) is 0 Å². The van der Waals surface area contributed by atoms with E-state index >= 15 is 0 Å². The van der Waals surface area contributed by atoms with E-state index in [0.717, 1.165) is 5.39 Å². The highest BCUT2D eigenvalue weighted by Crippen LogP contribution is 2.21. The molecule has 1 aromatic carbocycles. The van der Waals surface area contributed by atoms with Crippen LogP contribution in [0.3, 0.4) is 0 Å². The van der Waals surface area contributed by atoms with Gasteiger partial charge in [-0.05, 0) is 18.2 Å². The molecule has 3 heteroatoms. The van der Waals surface area contributed by atoms with Crippen LogP contribution < -0.4 is 5.73 Å². The molecule has 0 aliphatic heterocycles. The van der Waals surface area contributed by atoms with Gasteiger partial charge in [-0.1, -0.05) is 10.5 Å². The molecule has 0 aliphatic rings. The molecule has 0 saturated carbocycles. The van der Waals surface area contributed by atoms with Crippen LogP contribution in [0.25, 0.3) is 10.9 Å². The number of halogens is 1. The van der Waals surface area contributed by atoms with Gasteiger partial charge in [0, 0.05) is 17.3 Å². The maximum Gasteiger partial charge on any atom is 0.0833 e. The van der Waals surface area contributed by atoms with Crippen LogP contribution in [0.1, 0.15) is 0 Å². The number of nitrogens with zero attached hydrogens (tertiary/aromatic N) is 1. The summed E-state index contributed by atoms with van der Waals surface area (Å²) in [5, 5.41) is 0.759. The molecule has 2 nitrogen and oxygen atoms in total. The largest absolute Gasteiger partial charge is 0.398 e. The highest BCUT2D eigenvalue weighted by molar-refractivity contribution is 5.90. The molecule has 0 bridgehead atoms. The average molecular weight is 150 g/mol. The molecule has 1 aromatic heterocycles. The van der Waals surface area contributed by atoms with Crippen molar-refractivity contribution < 1.29 is 4.48 Å². The molecule has 2 rings (SSSR count). The predicted molar refractivity (Wildman–Crippen MR) is 42.9 cm³/mol. The van der Waals surface area contributed by atoms with Crippen molar-refractivity contribution >= 4 is 16.6 Å². The van der Waals surface area contributed by atoms with Crippen LogP contribution in [0.4, 0.5) is 10.2 Å². The summed E-state index contributed by atoms with van der Waals surface area (Å²) in [6.07, 6.45) is 1.35. The molecular formula is C8H7FN2. The summed E-state index contributed by atoms with van der Waals surface area (Å²) in [5.74, 6) is 0. The molecule has 0 unspecified atom stereocenters. The summed E-state index contributed by atoms with van der Waals surface area (Å²) < 4.78 is 12.8. The Hall–Kier alpha value is -1.51. The van der Waals surface area contributed by atoms with E-state index in [1.54, 1.807) is 24.3 Å². The topological polar surface area (TPSA) is 30.9 Å². The number of nitrogens with two attached hydrogens (primary N) is 1. The zero-order chi connectivity index (χ0) is 7.84. The standard InChI is InChI=1S/C8H7FN2/c9-11-5-4-6-7(10)2-1-3-8(6)11/h1-5H,10H2. The molecular weight excluding hydrogens is 143 g/mol. The maximum absolute atomic E-state index is 12.8. The van der Waals surface area contributed by atoms with Crippen molar-refractivity contribution in [3.63, 3.8) is 0 Å². The van der Waals surface area contributed by atoms with Gasteiger partial charge in [-0.25, -0.2) is 0 Å². The molecule has 56 valence electrons. The number of anilines is 1. The molecule has 0 amide bonds. The third kappa shape index (κ3) is 0.774. The Morgan fingerprint density at radius 1 is 1.27 bits per heavy atom. The molecule has 1 heterocycles. The van der Waals surface area contributed by atoms with Gasteiger partial charge in [-0.2, -0.15) is 4.79 Å². The first-order valence-electron chi connectivity index (χ1n) is 3.31. The van der Waals surface area contributed by atoms with Gasteiger partial charge in [-0.3, -0.25) is 0 Å². The lowest BCUT2D eigenvalue weighted by Crippen LogP contribution is -1.84. The first-order chi connectivity index (χ1) is 5.29. The Kier molecular flexibility index (Phi) is 1.12. The van der Waals surface area contributed by atoms with Crippen molar-refractivity contribution in [1.29, 1.82) is 0 Å². The van der Waals surface area contributed by atoms with Gasteiger partial charge in [0.1, 0.15) is 0 Å². The van der Waals surface area contributed by atoms with Gasteiger partial charge in [-0.15, -0.1) is 0 Å². The van der Waals surface area contributed by atoms with E-state index in [1.165, 1.54) is 6.20 Å². The van der Waals surface area contributed by atoms with Crippen LogP contribution in [0.5, 0.6) is 0 Å². The second-order valence-electron chi connectivity index (χ2n) is 2.41. The smallest absolute Gasteiger partial charge is 0.0833 e. The van der Waals surface area contributed by atoms with Crippen LogP contribution in [0.15, 0.2) is 30.5 Å². The molecule has 0 spiro atoms. The molecule has 0 atom stereocenters. The quantitative estimate of drug-likeness (QED) is 0.572. The zero-order valence-electron chi connectivity index (χ0n) is 5.79. The van der Waals surface area contributed by atoms with E-state index in [9.17, 15) is 4.48 Å². The van der Waals surface area contributed by atoms with Crippen molar-refractivity contribution in [2.75, 3.05) is 5.73 Å². The number of nitrogen functional groups attached to an aromatic ring is 1. The lowest BCUT2D eigenvalue weighted by Gasteiger charge is -1.94. The van der Waals surface area contributed by atoms with Crippen LogP contribution >= 0.6 is 0 Å². The molecule has 2 N–H and O–H groups in total. The van der Waals surface area contributed by atoms with Gasteiger partial charge in [0.25, 0.3) is 0 Å². The third-order valence-electron chi connectivity index (χ3n) is 1.72. The van der Waals surface area contributed by atoms with E-state index in [-0.39, 0.29) is 0 Å². The van der Waals surface area contributed by atoms with E-state index in [2.05, 4.69) is 0 Å². The minimum absolute atomic E-state index is 0.519. The number of fused-ring (bicyclic) bond motifs is 1. The summed E-state index contributed by atoms with van der Waals surface area (Å²) in [6.45, 7) is 0. The monoisotopic (exact) mass is 150 g/mol. The highest BCUT2D eigenvalue weighted by atomic mass is 19.2. The summed E-state index contributed by atoms with van der Waals surface area (Å²) in [7, 11) is 0. The van der Waals surface area contributed by atoms with Gasteiger partial charge in [0.2, 0.25) is 0 Å². The van der Waals surface area contributed by atoms with E-state index in [4.69, 9.17) is 5.73 Å². The molecule has 0 saturated heterocycles. The summed E-state index contributed by atoms with van der Waals surface area (Å²) >= 11 is 0. The normalized spacial score (nSPS) is 10.6. The first kappa shape index (κ1) is 6.22. The maximum atomic E-state index is 12.8. The zero-order valence-corrected chi connectivity index (χ0v) is 5.79. The van der Waals surface area contributed by atoms with E-state index < -0.39 is 0 Å². The van der Waals surface area contributed by atoms with Crippen molar-refractivity contribution in [3.8, 4) is 0 Å². The Balaban J connectivity index is 2.94. The van der Waals surface area contributed by atoms with Crippen LogP contribution in [0.2, 0.25) is 0 Å². The number of aromatic nitrogens is 1. The number of benzene rings is 1. The third-order valence-corrected chi connectivity index (χ3v) is 1.72. The molecule has 11 heavy (non-hydrogen) atoms. The second kappa shape index (κ2) is 1.99. The molecule has 0 fully saturated rings. The summed E-state index contributed by atoms with van der Waals surface area (Å²) in [5.41, 5.74) is 6.72. The van der Waals surface area contributed by atoms with E-state index in [0.29, 0.717) is 16.0 Å². The lowest BCUT2D eigenvalue weighted by molar-refractivity contribution is 0.388. The molecule has 0 radical (unpaired) electrons. The highest BCUT2D eigenvalue weighted by Gasteiger charge is 2.00. The minimum Gasteiger partial charge on any atom is -0.398 e. The fourth-order valence-electron chi connectivity index (χ4n) is 1.16. The first-order valence-corrected chi connectivity index (χ1v) is 3.31. The lowest BCUT2D eigenvalue weighted by atomic mass is 10.2. The van der Waals surface area contributed by atoms with Crippen LogP contribution in [0, 0.1) is 0 Å². The van der Waals surface area contributed by atoms with Crippen molar-refractivity contribution in [1.82, 2.24) is 4.79 Å². The average Bonchev–Trinajstić information content (AvgIpc) is 2.35. The molecule has 0 aliphatic carbocycles. The fourth-order valence-corrected chi connectivity index (χ4v) is 1.16. The Bertz CT molecular complexity index is 392. The number of rotatable bonds is 0. The van der Waals surface area contributed by atoms with Crippen molar-refractivity contribution in [2.24, 2.45) is 0 Å². The Morgan fingerprint density at radius 2 is 2.09 bits per heavy atom. The minimum atomic E-state index is 0.519. The number of hydrogen-bond acceptors (Lipinski definition) is 1. The van der Waals surface area contributed by atoms with Gasteiger partial charge < -0.3 is 5.73 Å². The Morgan fingerprint density at radius 3 is 2.82 bits per heavy atom. The summed E-state index contributed by atoms with van der Waals surface area (Å²) in [4.78, 5) is 0.561. The fraction of sp³-hybridized carbons (Fsp3) is 0. The van der Waals surface area contributed by atoms with Gasteiger partial charge in [0.15, 0.2) is 0 Å². The van der Waals surface area contributed by atoms with Crippen molar-refractivity contribution in [3.05, 3.63) is 30.5 Å². The number of hydrogen-bond donors (Lipinski definition) is 1. The summed E-state index contributed by atoms with van der Waals surface area (Å²) in [6, 6.07) is 6.83. The van der Waals surface area contributed by atoms with Crippen LogP contribution in [-0.2, 0) is 0 Å².